The van der Waals surface area contributed by atoms with Crippen molar-refractivity contribution in [1.82, 2.24) is 4.90 Å². The van der Waals surface area contributed by atoms with E-state index in [0.29, 0.717) is 17.7 Å². The van der Waals surface area contributed by atoms with Gasteiger partial charge in [0, 0.05) is 19.0 Å². The van der Waals surface area contributed by atoms with Crippen molar-refractivity contribution in [3.63, 3.8) is 0 Å². The second-order valence-electron chi connectivity index (χ2n) is 6.24. The Morgan fingerprint density at radius 3 is 2.33 bits per heavy atom. The maximum atomic E-state index is 12.7. The van der Waals surface area contributed by atoms with Crippen molar-refractivity contribution in [3.8, 4) is 0 Å². The third-order valence-electron chi connectivity index (χ3n) is 4.99. The van der Waals surface area contributed by atoms with Crippen molar-refractivity contribution in [2.75, 3.05) is 6.54 Å². The fraction of sp³-hybridized carbons (Fsp3) is 0.316. The van der Waals surface area contributed by atoms with E-state index in [9.17, 15) is 4.79 Å². The lowest BCUT2D eigenvalue weighted by atomic mass is 9.64. The van der Waals surface area contributed by atoms with E-state index in [4.69, 9.17) is 0 Å². The normalized spacial score (nSPS) is 27.3. The number of fused-ring (bicyclic) bond motifs is 1. The van der Waals surface area contributed by atoms with Crippen molar-refractivity contribution < 1.29 is 4.79 Å². The van der Waals surface area contributed by atoms with Crippen LogP contribution in [0.3, 0.4) is 0 Å². The minimum absolute atomic E-state index is 0.219. The zero-order chi connectivity index (χ0) is 14.2. The molecule has 1 amide bonds. The van der Waals surface area contributed by atoms with Crippen LogP contribution in [0.4, 0.5) is 0 Å². The molecule has 1 aliphatic carbocycles. The van der Waals surface area contributed by atoms with E-state index in [1.165, 1.54) is 11.1 Å². The van der Waals surface area contributed by atoms with Crippen LogP contribution in [0.1, 0.15) is 23.5 Å². The smallest absolute Gasteiger partial charge is 0.226 e. The summed E-state index contributed by atoms with van der Waals surface area (Å²) in [7, 11) is 0. The molecule has 0 aromatic heterocycles. The van der Waals surface area contributed by atoms with Gasteiger partial charge in [0.15, 0.2) is 0 Å². The first kappa shape index (κ1) is 12.6. The number of likely N-dealkylation sites (tertiary alicyclic amines) is 1. The van der Waals surface area contributed by atoms with Crippen LogP contribution in [0.2, 0.25) is 0 Å². The molecule has 1 saturated carbocycles. The first-order valence-electron chi connectivity index (χ1n) is 7.70. The van der Waals surface area contributed by atoms with Gasteiger partial charge in [0.25, 0.3) is 0 Å². The molecule has 21 heavy (non-hydrogen) atoms. The van der Waals surface area contributed by atoms with Gasteiger partial charge in [-0.1, -0.05) is 60.7 Å². The number of hydrogen-bond acceptors (Lipinski definition) is 1. The van der Waals surface area contributed by atoms with Gasteiger partial charge in [-0.05, 0) is 29.4 Å². The van der Waals surface area contributed by atoms with Crippen LogP contribution in [0, 0.1) is 11.8 Å². The Hall–Kier alpha value is -2.09. The Labute approximate surface area is 125 Å². The summed E-state index contributed by atoms with van der Waals surface area (Å²) in [5, 5.41) is 0. The van der Waals surface area contributed by atoms with Crippen LogP contribution in [-0.4, -0.2) is 17.4 Å². The molecular weight excluding hydrogens is 258 g/mol. The lowest BCUT2D eigenvalue weighted by Gasteiger charge is -2.38. The molecule has 0 radical (unpaired) electrons. The van der Waals surface area contributed by atoms with Gasteiger partial charge in [-0.3, -0.25) is 4.79 Å². The van der Waals surface area contributed by atoms with E-state index in [0.717, 1.165) is 19.5 Å². The number of benzene rings is 2. The molecule has 2 aromatic rings. The standard InChI is InChI=1S/C19H19NO/c21-19-18-16(11-17(18)15-9-5-2-6-10-15)13-20(19)12-14-7-3-1-4-8-14/h1-10,16-18H,11-13H2. The minimum Gasteiger partial charge on any atom is -0.338 e. The van der Waals surface area contributed by atoms with Gasteiger partial charge in [0.2, 0.25) is 5.91 Å². The summed E-state index contributed by atoms with van der Waals surface area (Å²) in [5.74, 6) is 1.57. The summed E-state index contributed by atoms with van der Waals surface area (Å²) in [6, 6.07) is 20.8. The predicted molar refractivity (Wildman–Crippen MR) is 82.6 cm³/mol. The zero-order valence-electron chi connectivity index (χ0n) is 12.0. The highest BCUT2D eigenvalue weighted by molar-refractivity contribution is 5.84. The first-order chi connectivity index (χ1) is 10.3. The maximum absolute atomic E-state index is 12.7. The number of hydrogen-bond donors (Lipinski definition) is 0. The molecule has 2 heteroatoms. The van der Waals surface area contributed by atoms with E-state index < -0.39 is 0 Å². The molecule has 1 aliphatic heterocycles. The van der Waals surface area contributed by atoms with Crippen molar-refractivity contribution in [1.29, 1.82) is 0 Å². The molecule has 1 saturated heterocycles. The number of rotatable bonds is 3. The van der Waals surface area contributed by atoms with Gasteiger partial charge in [0.1, 0.15) is 0 Å². The van der Waals surface area contributed by atoms with E-state index in [1.807, 2.05) is 29.2 Å². The van der Waals surface area contributed by atoms with Crippen LogP contribution >= 0.6 is 0 Å². The Morgan fingerprint density at radius 1 is 0.952 bits per heavy atom. The van der Waals surface area contributed by atoms with Gasteiger partial charge < -0.3 is 4.90 Å². The topological polar surface area (TPSA) is 20.3 Å². The van der Waals surface area contributed by atoms with E-state index in [2.05, 4.69) is 36.4 Å². The van der Waals surface area contributed by atoms with E-state index in [1.54, 1.807) is 0 Å². The summed E-state index contributed by atoms with van der Waals surface area (Å²) in [6.07, 6.45) is 1.16. The molecule has 2 aromatic carbocycles. The SMILES string of the molecule is O=C1C2C(CC2c2ccccc2)CN1Cc1ccccc1. The van der Waals surface area contributed by atoms with Crippen molar-refractivity contribution in [2.45, 2.75) is 18.9 Å². The van der Waals surface area contributed by atoms with Crippen molar-refractivity contribution in [3.05, 3.63) is 71.8 Å². The molecule has 106 valence electrons. The molecular formula is C19H19NO. The average molecular weight is 277 g/mol. The summed E-state index contributed by atoms with van der Waals surface area (Å²) >= 11 is 0. The van der Waals surface area contributed by atoms with Gasteiger partial charge in [-0.2, -0.15) is 0 Å². The Kier molecular flexibility index (Phi) is 3.03. The minimum atomic E-state index is 0.219. The van der Waals surface area contributed by atoms with Gasteiger partial charge >= 0.3 is 0 Å². The van der Waals surface area contributed by atoms with Crippen LogP contribution in [0.5, 0.6) is 0 Å². The molecule has 2 fully saturated rings. The quantitative estimate of drug-likeness (QED) is 0.841. The fourth-order valence-electron chi connectivity index (χ4n) is 3.89. The number of nitrogens with zero attached hydrogens (tertiary/aromatic N) is 1. The number of carbonyl (C=O) groups is 1. The van der Waals surface area contributed by atoms with Crippen LogP contribution < -0.4 is 0 Å². The van der Waals surface area contributed by atoms with Gasteiger partial charge in [-0.25, -0.2) is 0 Å². The molecule has 2 aliphatic rings. The third kappa shape index (κ3) is 2.15. The summed E-state index contributed by atoms with van der Waals surface area (Å²) in [6.45, 7) is 1.69. The second kappa shape index (κ2) is 5.03. The van der Waals surface area contributed by atoms with Gasteiger partial charge in [-0.15, -0.1) is 0 Å². The highest BCUT2D eigenvalue weighted by Crippen LogP contribution is 2.52. The van der Waals surface area contributed by atoms with Crippen molar-refractivity contribution >= 4 is 5.91 Å². The third-order valence-corrected chi connectivity index (χ3v) is 4.99. The fourth-order valence-corrected chi connectivity index (χ4v) is 3.89. The summed E-state index contributed by atoms with van der Waals surface area (Å²) in [5.41, 5.74) is 2.55. The number of amides is 1. The van der Waals surface area contributed by atoms with E-state index >= 15 is 0 Å². The molecule has 3 unspecified atom stereocenters. The first-order valence-corrected chi connectivity index (χ1v) is 7.70. The average Bonchev–Trinajstić information content (AvgIpc) is 2.73. The molecule has 1 heterocycles. The Morgan fingerprint density at radius 2 is 1.62 bits per heavy atom. The molecule has 0 bridgehead atoms. The summed E-state index contributed by atoms with van der Waals surface area (Å²) in [4.78, 5) is 14.7. The second-order valence-corrected chi connectivity index (χ2v) is 6.24. The lowest BCUT2D eigenvalue weighted by Crippen LogP contribution is -2.36. The highest BCUT2D eigenvalue weighted by atomic mass is 16.2. The van der Waals surface area contributed by atoms with E-state index in [-0.39, 0.29) is 5.92 Å². The van der Waals surface area contributed by atoms with Crippen LogP contribution in [-0.2, 0) is 11.3 Å². The Balaban J connectivity index is 1.49. The largest absolute Gasteiger partial charge is 0.338 e. The summed E-state index contributed by atoms with van der Waals surface area (Å²) < 4.78 is 0. The molecule has 2 nitrogen and oxygen atoms in total. The lowest BCUT2D eigenvalue weighted by molar-refractivity contribution is -0.133. The molecule has 3 atom stereocenters. The highest BCUT2D eigenvalue weighted by Gasteiger charge is 2.52. The predicted octanol–water partition coefficient (Wildman–Crippen LogP) is 3.45. The molecule has 0 spiro atoms. The zero-order valence-corrected chi connectivity index (χ0v) is 12.0. The molecule has 4 rings (SSSR count). The maximum Gasteiger partial charge on any atom is 0.226 e. The van der Waals surface area contributed by atoms with Crippen molar-refractivity contribution in [2.24, 2.45) is 11.8 Å². The van der Waals surface area contributed by atoms with Gasteiger partial charge in [0.05, 0.1) is 0 Å². The Bertz CT molecular complexity index is 637. The van der Waals surface area contributed by atoms with Crippen LogP contribution in [0.15, 0.2) is 60.7 Å². The molecule has 0 N–H and O–H groups in total. The van der Waals surface area contributed by atoms with Crippen LogP contribution in [0.25, 0.3) is 0 Å². The number of carbonyl (C=O) groups excluding carboxylic acids is 1. The monoisotopic (exact) mass is 277 g/mol.